The minimum Gasteiger partial charge on any atom is -0.391 e. The number of hydrogen-bond donors (Lipinski definition) is 2. The molecule has 0 bridgehead atoms. The SMILES string of the molecule is CCc1cccc(NS(=O)(=O)c2ccsc2CO)c1. The number of aliphatic hydroxyl groups excluding tert-OH is 1. The fraction of sp³-hybridized carbons (Fsp3) is 0.231. The topological polar surface area (TPSA) is 66.4 Å². The van der Waals surface area contributed by atoms with E-state index in [1.807, 2.05) is 25.1 Å². The number of benzene rings is 1. The molecule has 1 aromatic heterocycles. The van der Waals surface area contributed by atoms with Crippen molar-refractivity contribution in [3.8, 4) is 0 Å². The van der Waals surface area contributed by atoms with E-state index in [1.54, 1.807) is 11.4 Å². The van der Waals surface area contributed by atoms with Crippen LogP contribution in [-0.4, -0.2) is 13.5 Å². The lowest BCUT2D eigenvalue weighted by Gasteiger charge is -2.09. The molecule has 4 nitrogen and oxygen atoms in total. The molecule has 19 heavy (non-hydrogen) atoms. The van der Waals surface area contributed by atoms with E-state index in [2.05, 4.69) is 4.72 Å². The fourth-order valence-electron chi connectivity index (χ4n) is 1.75. The number of thiophene rings is 1. The van der Waals surface area contributed by atoms with Gasteiger partial charge in [0.15, 0.2) is 0 Å². The quantitative estimate of drug-likeness (QED) is 0.891. The fourth-order valence-corrected chi connectivity index (χ4v) is 4.09. The summed E-state index contributed by atoms with van der Waals surface area (Å²) in [6, 6.07) is 8.78. The molecule has 2 N–H and O–H groups in total. The van der Waals surface area contributed by atoms with E-state index in [9.17, 15) is 8.42 Å². The zero-order valence-corrected chi connectivity index (χ0v) is 12.1. The number of aryl methyl sites for hydroxylation is 1. The van der Waals surface area contributed by atoms with E-state index in [0.717, 1.165) is 12.0 Å². The molecule has 0 saturated heterocycles. The second kappa shape index (κ2) is 5.73. The van der Waals surface area contributed by atoms with Gasteiger partial charge in [-0.3, -0.25) is 4.72 Å². The number of aliphatic hydroxyl groups is 1. The summed E-state index contributed by atoms with van der Waals surface area (Å²) in [5.74, 6) is 0. The van der Waals surface area contributed by atoms with Gasteiger partial charge in [0.2, 0.25) is 0 Å². The lowest BCUT2D eigenvalue weighted by molar-refractivity contribution is 0.282. The van der Waals surface area contributed by atoms with Crippen LogP contribution in [-0.2, 0) is 23.1 Å². The number of anilines is 1. The first kappa shape index (κ1) is 14.0. The molecule has 2 rings (SSSR count). The molecule has 1 aromatic carbocycles. The van der Waals surface area contributed by atoms with Crippen molar-refractivity contribution in [3.05, 3.63) is 46.2 Å². The predicted molar refractivity (Wildman–Crippen MR) is 76.9 cm³/mol. The van der Waals surface area contributed by atoms with Gasteiger partial charge in [0.25, 0.3) is 10.0 Å². The first-order chi connectivity index (χ1) is 9.06. The number of hydrogen-bond acceptors (Lipinski definition) is 4. The van der Waals surface area contributed by atoms with Gasteiger partial charge >= 0.3 is 0 Å². The smallest absolute Gasteiger partial charge is 0.263 e. The molecule has 1 heterocycles. The average Bonchev–Trinajstić information content (AvgIpc) is 2.87. The zero-order chi connectivity index (χ0) is 13.9. The Morgan fingerprint density at radius 3 is 2.79 bits per heavy atom. The molecule has 0 spiro atoms. The van der Waals surface area contributed by atoms with Crippen molar-refractivity contribution in [3.63, 3.8) is 0 Å². The van der Waals surface area contributed by atoms with Crippen LogP contribution in [0.15, 0.2) is 40.6 Å². The molecule has 0 amide bonds. The average molecular weight is 297 g/mol. The summed E-state index contributed by atoms with van der Waals surface area (Å²) in [6.45, 7) is 1.74. The normalized spacial score (nSPS) is 11.5. The Morgan fingerprint density at radius 2 is 2.11 bits per heavy atom. The molecule has 0 fully saturated rings. The summed E-state index contributed by atoms with van der Waals surface area (Å²) < 4.78 is 27.0. The molecule has 0 atom stereocenters. The molecule has 0 aliphatic carbocycles. The van der Waals surface area contributed by atoms with Crippen LogP contribution < -0.4 is 4.72 Å². The van der Waals surface area contributed by atoms with E-state index >= 15 is 0 Å². The van der Waals surface area contributed by atoms with Crippen molar-refractivity contribution in [2.24, 2.45) is 0 Å². The van der Waals surface area contributed by atoms with Gasteiger partial charge in [-0.15, -0.1) is 11.3 Å². The molecule has 102 valence electrons. The molecule has 0 radical (unpaired) electrons. The van der Waals surface area contributed by atoms with Gasteiger partial charge < -0.3 is 5.11 Å². The summed E-state index contributed by atoms with van der Waals surface area (Å²) in [7, 11) is -3.64. The Balaban J connectivity index is 2.31. The predicted octanol–water partition coefficient (Wildman–Crippen LogP) is 2.60. The van der Waals surface area contributed by atoms with Crippen LogP contribution in [0, 0.1) is 0 Å². The summed E-state index contributed by atoms with van der Waals surface area (Å²) in [4.78, 5) is 0.584. The van der Waals surface area contributed by atoms with Gasteiger partial charge in [-0.1, -0.05) is 19.1 Å². The maximum atomic E-state index is 12.2. The first-order valence-corrected chi connectivity index (χ1v) is 8.22. The van der Waals surface area contributed by atoms with E-state index in [1.165, 1.54) is 17.4 Å². The summed E-state index contributed by atoms with van der Waals surface area (Å²) in [5.41, 5.74) is 1.60. The highest BCUT2D eigenvalue weighted by Crippen LogP contribution is 2.24. The highest BCUT2D eigenvalue weighted by Gasteiger charge is 2.19. The molecule has 0 aliphatic rings. The van der Waals surface area contributed by atoms with Crippen molar-refractivity contribution in [2.75, 3.05) is 4.72 Å². The van der Waals surface area contributed by atoms with Crippen molar-refractivity contribution in [1.29, 1.82) is 0 Å². The Morgan fingerprint density at radius 1 is 1.32 bits per heavy atom. The van der Waals surface area contributed by atoms with Crippen LogP contribution in [0.1, 0.15) is 17.4 Å². The Labute approximate surface area is 116 Å². The van der Waals surface area contributed by atoms with E-state index in [4.69, 9.17) is 5.11 Å². The lowest BCUT2D eigenvalue weighted by atomic mass is 10.1. The van der Waals surface area contributed by atoms with Crippen LogP contribution >= 0.6 is 11.3 Å². The standard InChI is InChI=1S/C13H15NO3S2/c1-2-10-4-3-5-11(8-10)14-19(16,17)13-6-7-18-12(13)9-15/h3-8,14-15H,2,9H2,1H3. The number of sulfonamides is 1. The van der Waals surface area contributed by atoms with Crippen LogP contribution in [0.25, 0.3) is 0 Å². The summed E-state index contributed by atoms with van der Waals surface area (Å²) in [5, 5.41) is 10.8. The van der Waals surface area contributed by atoms with E-state index in [0.29, 0.717) is 10.6 Å². The molecular weight excluding hydrogens is 282 g/mol. The van der Waals surface area contributed by atoms with E-state index < -0.39 is 10.0 Å². The number of rotatable bonds is 5. The van der Waals surface area contributed by atoms with Crippen molar-refractivity contribution < 1.29 is 13.5 Å². The Hall–Kier alpha value is -1.37. The highest BCUT2D eigenvalue weighted by atomic mass is 32.2. The Bertz CT molecular complexity index is 662. The molecular formula is C13H15NO3S2. The maximum absolute atomic E-state index is 12.2. The highest BCUT2D eigenvalue weighted by molar-refractivity contribution is 7.93. The third-order valence-electron chi connectivity index (χ3n) is 2.73. The third kappa shape index (κ3) is 3.15. The molecule has 0 saturated carbocycles. The van der Waals surface area contributed by atoms with E-state index in [-0.39, 0.29) is 11.5 Å². The van der Waals surface area contributed by atoms with Crippen molar-refractivity contribution >= 4 is 27.0 Å². The van der Waals surface area contributed by atoms with Gasteiger partial charge in [-0.25, -0.2) is 8.42 Å². The van der Waals surface area contributed by atoms with Gasteiger partial charge in [0.1, 0.15) is 4.90 Å². The third-order valence-corrected chi connectivity index (χ3v) is 5.23. The summed E-state index contributed by atoms with van der Waals surface area (Å²) in [6.07, 6.45) is 0.843. The molecule has 2 aromatic rings. The number of nitrogens with one attached hydrogen (secondary N) is 1. The molecule has 6 heteroatoms. The van der Waals surface area contributed by atoms with Crippen molar-refractivity contribution in [1.82, 2.24) is 0 Å². The van der Waals surface area contributed by atoms with Crippen LogP contribution in [0.5, 0.6) is 0 Å². The maximum Gasteiger partial charge on any atom is 0.263 e. The van der Waals surface area contributed by atoms with Gasteiger partial charge in [0.05, 0.1) is 11.5 Å². The van der Waals surface area contributed by atoms with Gasteiger partial charge in [-0.05, 0) is 35.6 Å². The minimum absolute atomic E-state index is 0.141. The second-order valence-corrected chi connectivity index (χ2v) is 6.68. The van der Waals surface area contributed by atoms with Gasteiger partial charge in [-0.2, -0.15) is 0 Å². The largest absolute Gasteiger partial charge is 0.391 e. The zero-order valence-electron chi connectivity index (χ0n) is 10.5. The molecule has 0 unspecified atom stereocenters. The summed E-state index contributed by atoms with van der Waals surface area (Å²) >= 11 is 1.23. The molecule has 0 aliphatic heterocycles. The van der Waals surface area contributed by atoms with Crippen LogP contribution in [0.2, 0.25) is 0 Å². The van der Waals surface area contributed by atoms with Crippen LogP contribution in [0.3, 0.4) is 0 Å². The first-order valence-electron chi connectivity index (χ1n) is 5.86. The lowest BCUT2D eigenvalue weighted by Crippen LogP contribution is -2.13. The van der Waals surface area contributed by atoms with Crippen molar-refractivity contribution in [2.45, 2.75) is 24.8 Å². The Kier molecular flexibility index (Phi) is 4.24. The van der Waals surface area contributed by atoms with Crippen LogP contribution in [0.4, 0.5) is 5.69 Å². The minimum atomic E-state index is -3.64. The monoisotopic (exact) mass is 297 g/mol. The second-order valence-electron chi connectivity index (χ2n) is 4.03. The van der Waals surface area contributed by atoms with Gasteiger partial charge in [0, 0.05) is 5.69 Å².